The Morgan fingerprint density at radius 2 is 2.10 bits per heavy atom. The van der Waals surface area contributed by atoms with Crippen LogP contribution in [0, 0.1) is 11.3 Å². The van der Waals surface area contributed by atoms with Crippen LogP contribution in [0.1, 0.15) is 16.1 Å². The lowest BCUT2D eigenvalue weighted by molar-refractivity contribution is 0.601. The van der Waals surface area contributed by atoms with Gasteiger partial charge >= 0.3 is 0 Å². The highest BCUT2D eigenvalue weighted by Gasteiger charge is 2.19. The number of benzene rings is 1. The van der Waals surface area contributed by atoms with Gasteiger partial charge < -0.3 is 5.32 Å². The average Bonchev–Trinajstić information content (AvgIpc) is 2.88. The molecule has 8 heteroatoms. The van der Waals surface area contributed by atoms with Crippen LogP contribution >= 0.6 is 11.3 Å². The molecule has 0 amide bonds. The monoisotopic (exact) mass is 320 g/mol. The molecular weight excluding hydrogens is 308 g/mol. The van der Waals surface area contributed by atoms with E-state index in [2.05, 4.69) is 15.0 Å². The molecule has 108 valence electrons. The zero-order valence-corrected chi connectivity index (χ0v) is 12.6. The van der Waals surface area contributed by atoms with E-state index in [1.807, 2.05) is 6.07 Å². The van der Waals surface area contributed by atoms with E-state index in [-0.39, 0.29) is 4.90 Å². The summed E-state index contributed by atoms with van der Waals surface area (Å²) in [5.41, 5.74) is 1.38. The summed E-state index contributed by atoms with van der Waals surface area (Å²) in [6.45, 7) is 1.59. The molecule has 1 aromatic heterocycles. The van der Waals surface area contributed by atoms with E-state index >= 15 is 0 Å². The number of thiazole rings is 1. The van der Waals surface area contributed by atoms with Gasteiger partial charge in [0.15, 0.2) is 5.13 Å². The van der Waals surface area contributed by atoms with Crippen molar-refractivity contribution in [2.24, 2.45) is 0 Å². The summed E-state index contributed by atoms with van der Waals surface area (Å²) in [4.78, 5) is 5.52. The number of hydrogen-bond donors (Lipinski definition) is 2. The lowest BCUT2D eigenvalue weighted by atomic mass is 10.2. The zero-order chi connectivity index (χ0) is 14.9. The third kappa shape index (κ3) is 2.90. The quantitative estimate of drug-likeness (QED) is 0.893. The SMILES string of the molecule is N#Cc1ccc(S(=O)(=O)Nc2nc3c(s2)CNCC3)cc1. The molecule has 1 aliphatic rings. The Kier molecular flexibility index (Phi) is 3.63. The van der Waals surface area contributed by atoms with Gasteiger partial charge in [-0.2, -0.15) is 5.26 Å². The van der Waals surface area contributed by atoms with E-state index in [9.17, 15) is 8.42 Å². The standard InChI is InChI=1S/C13H12N4O2S2/c14-7-9-1-3-10(4-2-9)21(18,19)17-13-16-11-5-6-15-8-12(11)20-13/h1-4,15H,5-6,8H2,(H,16,17). The molecule has 3 rings (SSSR count). The van der Waals surface area contributed by atoms with E-state index in [0.29, 0.717) is 10.7 Å². The molecule has 0 saturated heterocycles. The van der Waals surface area contributed by atoms with Gasteiger partial charge in [0.1, 0.15) is 0 Å². The number of nitrogens with one attached hydrogen (secondary N) is 2. The number of nitrogens with zero attached hydrogens (tertiary/aromatic N) is 2. The van der Waals surface area contributed by atoms with Crippen LogP contribution in [0.4, 0.5) is 5.13 Å². The van der Waals surface area contributed by atoms with E-state index in [0.717, 1.165) is 30.1 Å². The van der Waals surface area contributed by atoms with E-state index in [4.69, 9.17) is 5.26 Å². The highest BCUT2D eigenvalue weighted by atomic mass is 32.2. The Balaban J connectivity index is 1.85. The van der Waals surface area contributed by atoms with Crippen LogP contribution in [-0.4, -0.2) is 19.9 Å². The first-order valence-corrected chi connectivity index (χ1v) is 8.61. The van der Waals surface area contributed by atoms with Gasteiger partial charge in [-0.25, -0.2) is 13.4 Å². The Morgan fingerprint density at radius 1 is 1.33 bits per heavy atom. The molecule has 0 aliphatic carbocycles. The summed E-state index contributed by atoms with van der Waals surface area (Å²) in [6, 6.07) is 7.74. The smallest absolute Gasteiger partial charge is 0.263 e. The molecule has 0 radical (unpaired) electrons. The maximum Gasteiger partial charge on any atom is 0.263 e. The molecule has 6 nitrogen and oxygen atoms in total. The first kappa shape index (κ1) is 14.0. The van der Waals surface area contributed by atoms with Crippen molar-refractivity contribution >= 4 is 26.5 Å². The number of anilines is 1. The maximum absolute atomic E-state index is 12.3. The molecule has 0 atom stereocenters. The predicted molar refractivity (Wildman–Crippen MR) is 79.5 cm³/mol. The fraction of sp³-hybridized carbons (Fsp3) is 0.231. The number of nitriles is 1. The Bertz CT molecular complexity index is 780. The van der Waals surface area contributed by atoms with Gasteiger partial charge in [-0.1, -0.05) is 11.3 Å². The number of sulfonamides is 1. The molecule has 2 N–H and O–H groups in total. The summed E-state index contributed by atoms with van der Waals surface area (Å²) >= 11 is 1.35. The van der Waals surface area contributed by atoms with Crippen molar-refractivity contribution in [3.8, 4) is 6.07 Å². The molecule has 2 aromatic rings. The molecule has 0 unspecified atom stereocenters. The normalized spacial score (nSPS) is 14.2. The van der Waals surface area contributed by atoms with Crippen molar-refractivity contribution in [2.45, 2.75) is 17.9 Å². The minimum Gasteiger partial charge on any atom is -0.311 e. The second kappa shape index (κ2) is 5.44. The molecular formula is C13H12N4O2S2. The second-order valence-corrected chi connectivity index (χ2v) is 7.32. The van der Waals surface area contributed by atoms with E-state index < -0.39 is 10.0 Å². The van der Waals surface area contributed by atoms with Crippen LogP contribution in [0.3, 0.4) is 0 Å². The van der Waals surface area contributed by atoms with Crippen molar-refractivity contribution in [3.05, 3.63) is 40.4 Å². The third-order valence-electron chi connectivity index (χ3n) is 3.12. The van der Waals surface area contributed by atoms with E-state index in [1.54, 1.807) is 0 Å². The van der Waals surface area contributed by atoms with Gasteiger partial charge in [-0.15, -0.1) is 0 Å². The highest BCUT2D eigenvalue weighted by Crippen LogP contribution is 2.27. The van der Waals surface area contributed by atoms with Crippen LogP contribution in [0.5, 0.6) is 0 Å². The number of rotatable bonds is 3. The molecule has 0 spiro atoms. The minimum absolute atomic E-state index is 0.118. The van der Waals surface area contributed by atoms with Crippen LogP contribution in [0.15, 0.2) is 29.2 Å². The number of fused-ring (bicyclic) bond motifs is 1. The lowest BCUT2D eigenvalue weighted by Gasteiger charge is -2.09. The fourth-order valence-electron chi connectivity index (χ4n) is 2.05. The zero-order valence-electron chi connectivity index (χ0n) is 11.0. The summed E-state index contributed by atoms with van der Waals surface area (Å²) in [7, 11) is -3.67. The first-order chi connectivity index (χ1) is 10.1. The summed E-state index contributed by atoms with van der Waals surface area (Å²) < 4.78 is 27.0. The second-order valence-electron chi connectivity index (χ2n) is 4.56. The third-order valence-corrected chi connectivity index (χ3v) is 5.61. The highest BCUT2D eigenvalue weighted by molar-refractivity contribution is 7.93. The van der Waals surface area contributed by atoms with Crippen molar-refractivity contribution in [2.75, 3.05) is 11.3 Å². The van der Waals surface area contributed by atoms with Crippen LogP contribution < -0.4 is 10.0 Å². The Morgan fingerprint density at radius 3 is 2.76 bits per heavy atom. The van der Waals surface area contributed by atoms with Crippen LogP contribution in [0.2, 0.25) is 0 Å². The van der Waals surface area contributed by atoms with Crippen molar-refractivity contribution in [1.82, 2.24) is 10.3 Å². The lowest BCUT2D eigenvalue weighted by Crippen LogP contribution is -2.22. The van der Waals surface area contributed by atoms with Crippen LogP contribution in [-0.2, 0) is 23.0 Å². The van der Waals surface area contributed by atoms with Gasteiger partial charge in [0.05, 0.1) is 22.2 Å². The molecule has 1 aromatic carbocycles. The summed E-state index contributed by atoms with van der Waals surface area (Å²) in [5, 5.41) is 12.3. The van der Waals surface area contributed by atoms with Crippen molar-refractivity contribution in [1.29, 1.82) is 5.26 Å². The summed E-state index contributed by atoms with van der Waals surface area (Å²) in [6.07, 6.45) is 0.810. The molecule has 1 aliphatic heterocycles. The number of aromatic nitrogens is 1. The van der Waals surface area contributed by atoms with Crippen molar-refractivity contribution in [3.63, 3.8) is 0 Å². The van der Waals surface area contributed by atoms with Crippen LogP contribution in [0.25, 0.3) is 0 Å². The molecule has 21 heavy (non-hydrogen) atoms. The van der Waals surface area contributed by atoms with Gasteiger partial charge in [0, 0.05) is 24.4 Å². The van der Waals surface area contributed by atoms with Gasteiger partial charge in [-0.3, -0.25) is 4.72 Å². The topological polar surface area (TPSA) is 94.9 Å². The average molecular weight is 320 g/mol. The van der Waals surface area contributed by atoms with Crippen molar-refractivity contribution < 1.29 is 8.42 Å². The maximum atomic E-state index is 12.3. The molecule has 0 saturated carbocycles. The molecule has 0 fully saturated rings. The first-order valence-electron chi connectivity index (χ1n) is 6.31. The number of hydrogen-bond acceptors (Lipinski definition) is 6. The van der Waals surface area contributed by atoms with Gasteiger partial charge in [0.2, 0.25) is 0 Å². The Labute approximate surface area is 126 Å². The predicted octanol–water partition coefficient (Wildman–Crippen LogP) is 1.46. The fourth-order valence-corrected chi connectivity index (χ4v) is 4.26. The molecule has 2 heterocycles. The van der Waals surface area contributed by atoms with E-state index in [1.165, 1.54) is 35.6 Å². The van der Waals surface area contributed by atoms with Gasteiger partial charge in [-0.05, 0) is 24.3 Å². The minimum atomic E-state index is -3.67. The molecule has 0 bridgehead atoms. The van der Waals surface area contributed by atoms with Gasteiger partial charge in [0.25, 0.3) is 10.0 Å². The summed E-state index contributed by atoms with van der Waals surface area (Å²) in [5.74, 6) is 0. The largest absolute Gasteiger partial charge is 0.311 e. The Hall–Kier alpha value is -1.95.